The Hall–Kier alpha value is -0.710. The van der Waals surface area contributed by atoms with Crippen LogP contribution in [0.2, 0.25) is 0 Å². The molecule has 0 unspecified atom stereocenters. The molecule has 0 aromatic rings. The van der Waals surface area contributed by atoms with Crippen LogP contribution in [0.1, 0.15) is 53.4 Å². The second-order valence-corrected chi connectivity index (χ2v) is 8.50. The van der Waals surface area contributed by atoms with E-state index in [1.165, 1.54) is 0 Å². The lowest BCUT2D eigenvalue weighted by Gasteiger charge is -2.45. The third-order valence-electron chi connectivity index (χ3n) is 4.84. The Kier molecular flexibility index (Phi) is 4.91. The first-order chi connectivity index (χ1) is 9.78. The van der Waals surface area contributed by atoms with Crippen molar-refractivity contribution in [1.82, 2.24) is 4.90 Å². The Bertz CT molecular complexity index is 408. The fraction of sp³-hybridized carbons (Fsp3) is 0.875. The molecule has 0 radical (unpaired) electrons. The Labute approximate surface area is 132 Å². The molecular formula is C16H27NO3S. The standard InChI is InChI=1S/C16H27NO3S/c1-5-20-14(19)10-17-13(18)11-21-16(17)8-6-12(7-9-16)15(2,3)4/h12H,5-11H2,1-4H3. The van der Waals surface area contributed by atoms with Crippen molar-refractivity contribution in [2.24, 2.45) is 11.3 Å². The van der Waals surface area contributed by atoms with E-state index in [2.05, 4.69) is 20.8 Å². The van der Waals surface area contributed by atoms with Crippen LogP contribution < -0.4 is 0 Å². The van der Waals surface area contributed by atoms with Crippen LogP contribution in [0.5, 0.6) is 0 Å². The molecule has 1 saturated carbocycles. The van der Waals surface area contributed by atoms with E-state index in [0.717, 1.165) is 25.7 Å². The average Bonchev–Trinajstić information content (AvgIpc) is 2.68. The monoisotopic (exact) mass is 313 g/mol. The van der Waals surface area contributed by atoms with E-state index in [0.29, 0.717) is 23.7 Å². The Morgan fingerprint density at radius 3 is 2.52 bits per heavy atom. The predicted octanol–water partition coefficient (Wildman–Crippen LogP) is 3.06. The Balaban J connectivity index is 2.04. The molecular weight excluding hydrogens is 286 g/mol. The predicted molar refractivity (Wildman–Crippen MR) is 84.9 cm³/mol. The van der Waals surface area contributed by atoms with Crippen molar-refractivity contribution in [2.45, 2.75) is 58.2 Å². The summed E-state index contributed by atoms with van der Waals surface area (Å²) in [4.78, 5) is 25.6. The van der Waals surface area contributed by atoms with E-state index in [9.17, 15) is 9.59 Å². The molecule has 21 heavy (non-hydrogen) atoms. The third-order valence-corrected chi connectivity index (χ3v) is 6.40. The number of nitrogens with zero attached hydrogens (tertiary/aromatic N) is 1. The molecule has 1 spiro atoms. The number of carbonyl (C=O) groups is 2. The molecule has 4 nitrogen and oxygen atoms in total. The number of rotatable bonds is 3. The van der Waals surface area contributed by atoms with Crippen molar-refractivity contribution in [3.63, 3.8) is 0 Å². The molecule has 1 aliphatic carbocycles. The van der Waals surface area contributed by atoms with Crippen LogP contribution in [0.3, 0.4) is 0 Å². The summed E-state index contributed by atoms with van der Waals surface area (Å²) in [5.41, 5.74) is 0.320. The number of thioether (sulfide) groups is 1. The first kappa shape index (κ1) is 16.7. The third kappa shape index (κ3) is 3.55. The molecule has 2 aliphatic rings. The molecule has 2 rings (SSSR count). The summed E-state index contributed by atoms with van der Waals surface area (Å²) in [6.07, 6.45) is 4.24. The van der Waals surface area contributed by atoms with E-state index in [4.69, 9.17) is 4.74 Å². The summed E-state index contributed by atoms with van der Waals surface area (Å²) in [5, 5.41) is 0. The van der Waals surface area contributed by atoms with E-state index in [1.54, 1.807) is 23.6 Å². The quantitative estimate of drug-likeness (QED) is 0.751. The lowest BCUT2D eigenvalue weighted by molar-refractivity contribution is -0.150. The molecule has 0 aromatic carbocycles. The fourth-order valence-corrected chi connectivity index (χ4v) is 4.89. The van der Waals surface area contributed by atoms with Gasteiger partial charge in [-0.3, -0.25) is 9.59 Å². The van der Waals surface area contributed by atoms with Gasteiger partial charge in [-0.05, 0) is 43.9 Å². The molecule has 0 aromatic heterocycles. The number of hydrogen-bond acceptors (Lipinski definition) is 4. The molecule has 120 valence electrons. The number of esters is 1. The van der Waals surface area contributed by atoms with Crippen LogP contribution >= 0.6 is 11.8 Å². The maximum absolute atomic E-state index is 12.2. The zero-order valence-electron chi connectivity index (χ0n) is 13.6. The van der Waals surface area contributed by atoms with E-state index < -0.39 is 0 Å². The van der Waals surface area contributed by atoms with Crippen molar-refractivity contribution in [2.75, 3.05) is 18.9 Å². The Morgan fingerprint density at radius 2 is 2.00 bits per heavy atom. The summed E-state index contributed by atoms with van der Waals surface area (Å²) < 4.78 is 5.02. The molecule has 0 atom stereocenters. The van der Waals surface area contributed by atoms with Crippen molar-refractivity contribution in [3.05, 3.63) is 0 Å². The van der Waals surface area contributed by atoms with Crippen LogP contribution in [0.25, 0.3) is 0 Å². The topological polar surface area (TPSA) is 46.6 Å². The summed E-state index contributed by atoms with van der Waals surface area (Å²) >= 11 is 1.72. The van der Waals surface area contributed by atoms with Gasteiger partial charge in [0, 0.05) is 0 Å². The van der Waals surface area contributed by atoms with Gasteiger partial charge in [0.15, 0.2) is 0 Å². The minimum atomic E-state index is -0.286. The molecule has 1 aliphatic heterocycles. The van der Waals surface area contributed by atoms with E-state index >= 15 is 0 Å². The van der Waals surface area contributed by atoms with Crippen molar-refractivity contribution >= 4 is 23.6 Å². The van der Waals surface area contributed by atoms with Gasteiger partial charge in [-0.15, -0.1) is 11.8 Å². The van der Waals surface area contributed by atoms with Crippen LogP contribution in [-0.2, 0) is 14.3 Å². The second kappa shape index (κ2) is 6.19. The first-order valence-corrected chi connectivity index (χ1v) is 8.87. The maximum Gasteiger partial charge on any atom is 0.325 e. The molecule has 1 heterocycles. The highest BCUT2D eigenvalue weighted by molar-refractivity contribution is 8.01. The Morgan fingerprint density at radius 1 is 1.38 bits per heavy atom. The van der Waals surface area contributed by atoms with Gasteiger partial charge in [0.1, 0.15) is 6.54 Å². The highest BCUT2D eigenvalue weighted by Crippen LogP contribution is 2.51. The SMILES string of the molecule is CCOC(=O)CN1C(=O)CSC12CCC(C(C)(C)C)CC2. The largest absolute Gasteiger partial charge is 0.465 e. The minimum Gasteiger partial charge on any atom is -0.465 e. The van der Waals surface area contributed by atoms with Gasteiger partial charge in [-0.2, -0.15) is 0 Å². The number of carbonyl (C=O) groups excluding carboxylic acids is 2. The van der Waals surface area contributed by atoms with Gasteiger partial charge in [0.05, 0.1) is 17.2 Å². The van der Waals surface area contributed by atoms with Crippen LogP contribution in [0.4, 0.5) is 0 Å². The first-order valence-electron chi connectivity index (χ1n) is 7.88. The van der Waals surface area contributed by atoms with Crippen molar-refractivity contribution < 1.29 is 14.3 Å². The zero-order valence-corrected chi connectivity index (χ0v) is 14.4. The maximum atomic E-state index is 12.2. The van der Waals surface area contributed by atoms with Gasteiger partial charge in [-0.1, -0.05) is 20.8 Å². The van der Waals surface area contributed by atoms with Gasteiger partial charge < -0.3 is 9.64 Å². The zero-order chi connectivity index (χ0) is 15.7. The van der Waals surface area contributed by atoms with Crippen LogP contribution in [-0.4, -0.2) is 40.6 Å². The molecule has 1 amide bonds. The van der Waals surface area contributed by atoms with Gasteiger partial charge in [0.25, 0.3) is 0 Å². The summed E-state index contributed by atoms with van der Waals surface area (Å²) in [5.74, 6) is 0.997. The van der Waals surface area contributed by atoms with E-state index in [-0.39, 0.29) is 23.3 Å². The van der Waals surface area contributed by atoms with Crippen LogP contribution in [0, 0.1) is 11.3 Å². The molecule has 0 N–H and O–H groups in total. The highest BCUT2D eigenvalue weighted by atomic mass is 32.2. The molecule has 0 bridgehead atoms. The average molecular weight is 313 g/mol. The van der Waals surface area contributed by atoms with Gasteiger partial charge in [-0.25, -0.2) is 0 Å². The molecule has 2 fully saturated rings. The lowest BCUT2D eigenvalue weighted by Crippen LogP contribution is -2.50. The van der Waals surface area contributed by atoms with Gasteiger partial charge >= 0.3 is 5.97 Å². The van der Waals surface area contributed by atoms with Crippen LogP contribution in [0.15, 0.2) is 0 Å². The van der Waals surface area contributed by atoms with E-state index in [1.807, 2.05) is 0 Å². The lowest BCUT2D eigenvalue weighted by atomic mass is 9.71. The summed E-state index contributed by atoms with van der Waals surface area (Å²) in [7, 11) is 0. The smallest absolute Gasteiger partial charge is 0.325 e. The minimum absolute atomic E-state index is 0.0854. The van der Waals surface area contributed by atoms with Gasteiger partial charge in [0.2, 0.25) is 5.91 Å². The van der Waals surface area contributed by atoms with Crippen molar-refractivity contribution in [1.29, 1.82) is 0 Å². The number of hydrogen-bond donors (Lipinski definition) is 0. The number of ether oxygens (including phenoxy) is 1. The number of amides is 1. The normalized spacial score (nSPS) is 30.0. The molecule has 5 heteroatoms. The highest BCUT2D eigenvalue weighted by Gasteiger charge is 2.49. The summed E-state index contributed by atoms with van der Waals surface area (Å²) in [6, 6.07) is 0. The molecule has 1 saturated heterocycles. The fourth-order valence-electron chi connectivity index (χ4n) is 3.50. The second-order valence-electron chi connectivity index (χ2n) is 7.16. The van der Waals surface area contributed by atoms with Crippen molar-refractivity contribution in [3.8, 4) is 0 Å². The summed E-state index contributed by atoms with van der Waals surface area (Å²) in [6.45, 7) is 9.15.